The summed E-state index contributed by atoms with van der Waals surface area (Å²) in [5, 5.41) is 0. The van der Waals surface area contributed by atoms with Gasteiger partial charge in [0.1, 0.15) is 0 Å². The summed E-state index contributed by atoms with van der Waals surface area (Å²) in [5.74, 6) is 0. The summed E-state index contributed by atoms with van der Waals surface area (Å²) >= 11 is 0. The molecule has 0 aromatic heterocycles. The number of hydrogen-bond donors (Lipinski definition) is 0. The zero-order valence-corrected chi connectivity index (χ0v) is 9.87. The van der Waals surface area contributed by atoms with Crippen LogP contribution in [0.4, 0.5) is 0 Å². The van der Waals surface area contributed by atoms with Crippen LogP contribution in [0, 0.1) is 0 Å². The first kappa shape index (κ1) is 10.4. The van der Waals surface area contributed by atoms with Crippen molar-refractivity contribution in [2.75, 3.05) is 20.1 Å². The van der Waals surface area contributed by atoms with Crippen molar-refractivity contribution in [2.24, 2.45) is 0 Å². The van der Waals surface area contributed by atoms with Crippen LogP contribution in [0.15, 0.2) is 0 Å². The van der Waals surface area contributed by atoms with E-state index in [1.807, 2.05) is 0 Å². The van der Waals surface area contributed by atoms with Crippen molar-refractivity contribution in [3.63, 3.8) is 0 Å². The minimum absolute atomic E-state index is 0.733. The van der Waals surface area contributed by atoms with E-state index < -0.39 is 0 Å². The van der Waals surface area contributed by atoms with Gasteiger partial charge in [0.15, 0.2) is 0 Å². The zero-order chi connectivity index (χ0) is 10.1. The van der Waals surface area contributed by atoms with E-state index in [4.69, 9.17) is 0 Å². The first-order chi connectivity index (χ1) is 6.70. The zero-order valence-electron chi connectivity index (χ0n) is 9.87. The van der Waals surface area contributed by atoms with Gasteiger partial charge in [-0.3, -0.25) is 4.90 Å². The van der Waals surface area contributed by atoms with Crippen molar-refractivity contribution < 1.29 is 0 Å². The maximum Gasteiger partial charge on any atom is 0.0260 e. The van der Waals surface area contributed by atoms with E-state index in [2.05, 4.69) is 30.7 Å². The Morgan fingerprint density at radius 3 is 2.50 bits per heavy atom. The molecule has 0 aromatic carbocycles. The number of nitrogens with zero attached hydrogens (tertiary/aromatic N) is 2. The Bertz CT molecular complexity index is 191. The van der Waals surface area contributed by atoms with Crippen LogP contribution in [-0.4, -0.2) is 48.1 Å². The number of hydrogen-bond acceptors (Lipinski definition) is 2. The molecular formula is C12H24N2. The highest BCUT2D eigenvalue weighted by atomic mass is 15.3. The Morgan fingerprint density at radius 2 is 1.79 bits per heavy atom. The average Bonchev–Trinajstić information content (AvgIpc) is 2.48. The lowest BCUT2D eigenvalue weighted by Crippen LogP contribution is -2.44. The van der Waals surface area contributed by atoms with Gasteiger partial charge in [-0.05, 0) is 46.7 Å². The molecule has 2 heteroatoms. The molecule has 0 saturated carbocycles. The standard InChI is InChI=1S/C12H24N2/c1-10(2)14-9-7-11-12(14)6-4-5-8-13(11)3/h10-12H,4-9H2,1-3H3/t11-,12-/m1/s1. The average molecular weight is 196 g/mol. The Morgan fingerprint density at radius 1 is 1.00 bits per heavy atom. The van der Waals surface area contributed by atoms with Crippen molar-refractivity contribution in [1.29, 1.82) is 0 Å². The molecule has 2 nitrogen and oxygen atoms in total. The molecule has 0 amide bonds. The highest BCUT2D eigenvalue weighted by Gasteiger charge is 2.38. The Kier molecular flexibility index (Phi) is 3.13. The van der Waals surface area contributed by atoms with E-state index in [-0.39, 0.29) is 0 Å². The third-order valence-electron chi connectivity index (χ3n) is 4.04. The van der Waals surface area contributed by atoms with E-state index in [1.54, 1.807) is 0 Å². The minimum atomic E-state index is 0.733. The minimum Gasteiger partial charge on any atom is -0.302 e. The highest BCUT2D eigenvalue weighted by Crippen LogP contribution is 2.30. The second kappa shape index (κ2) is 4.19. The smallest absolute Gasteiger partial charge is 0.0260 e. The maximum absolute atomic E-state index is 2.71. The molecule has 82 valence electrons. The molecule has 14 heavy (non-hydrogen) atoms. The summed E-state index contributed by atoms with van der Waals surface area (Å²) in [5.41, 5.74) is 0. The number of fused-ring (bicyclic) bond motifs is 1. The highest BCUT2D eigenvalue weighted by molar-refractivity contribution is 4.95. The summed E-state index contributed by atoms with van der Waals surface area (Å²) in [6.07, 6.45) is 5.64. The van der Waals surface area contributed by atoms with Crippen LogP contribution in [0.2, 0.25) is 0 Å². The lowest BCUT2D eigenvalue weighted by atomic mass is 10.0. The van der Waals surface area contributed by atoms with Gasteiger partial charge in [0, 0.05) is 24.7 Å². The lowest BCUT2D eigenvalue weighted by molar-refractivity contribution is 0.150. The second-order valence-corrected chi connectivity index (χ2v) is 5.23. The molecule has 2 heterocycles. The Hall–Kier alpha value is -0.0800. The summed E-state index contributed by atoms with van der Waals surface area (Å²) in [4.78, 5) is 5.31. The number of likely N-dealkylation sites (N-methyl/N-ethyl adjacent to an activating group) is 1. The van der Waals surface area contributed by atoms with Crippen molar-refractivity contribution in [2.45, 2.75) is 57.7 Å². The van der Waals surface area contributed by atoms with Crippen LogP contribution < -0.4 is 0 Å². The van der Waals surface area contributed by atoms with E-state index in [9.17, 15) is 0 Å². The molecule has 0 radical (unpaired) electrons. The number of rotatable bonds is 1. The van der Waals surface area contributed by atoms with Gasteiger partial charge < -0.3 is 4.90 Å². The van der Waals surface area contributed by atoms with E-state index in [0.29, 0.717) is 0 Å². The van der Waals surface area contributed by atoms with E-state index in [1.165, 1.54) is 38.8 Å². The van der Waals surface area contributed by atoms with Gasteiger partial charge in [-0.15, -0.1) is 0 Å². The third-order valence-corrected chi connectivity index (χ3v) is 4.04. The molecule has 2 fully saturated rings. The largest absolute Gasteiger partial charge is 0.302 e. The molecule has 0 unspecified atom stereocenters. The van der Waals surface area contributed by atoms with Gasteiger partial charge in [0.05, 0.1) is 0 Å². The lowest BCUT2D eigenvalue weighted by Gasteiger charge is -2.32. The predicted molar refractivity (Wildman–Crippen MR) is 60.5 cm³/mol. The van der Waals surface area contributed by atoms with Crippen LogP contribution in [0.25, 0.3) is 0 Å². The molecule has 2 aliphatic rings. The van der Waals surface area contributed by atoms with Gasteiger partial charge in [-0.25, -0.2) is 0 Å². The first-order valence-corrected chi connectivity index (χ1v) is 6.16. The van der Waals surface area contributed by atoms with Crippen molar-refractivity contribution >= 4 is 0 Å². The Balaban J connectivity index is 2.08. The van der Waals surface area contributed by atoms with Crippen molar-refractivity contribution in [3.8, 4) is 0 Å². The second-order valence-electron chi connectivity index (χ2n) is 5.23. The fourth-order valence-electron chi connectivity index (χ4n) is 3.25. The summed E-state index contributed by atoms with van der Waals surface area (Å²) < 4.78 is 0. The monoisotopic (exact) mass is 196 g/mol. The van der Waals surface area contributed by atoms with Crippen molar-refractivity contribution in [1.82, 2.24) is 9.80 Å². The molecule has 0 N–H and O–H groups in total. The van der Waals surface area contributed by atoms with Gasteiger partial charge in [-0.1, -0.05) is 6.42 Å². The van der Waals surface area contributed by atoms with Crippen LogP contribution in [0.1, 0.15) is 39.5 Å². The van der Waals surface area contributed by atoms with E-state index in [0.717, 1.165) is 18.1 Å². The van der Waals surface area contributed by atoms with E-state index >= 15 is 0 Å². The molecule has 0 aliphatic carbocycles. The number of likely N-dealkylation sites (tertiary alicyclic amines) is 2. The first-order valence-electron chi connectivity index (χ1n) is 6.16. The van der Waals surface area contributed by atoms with Crippen LogP contribution in [0.5, 0.6) is 0 Å². The summed E-state index contributed by atoms with van der Waals surface area (Å²) in [7, 11) is 2.31. The molecule has 2 rings (SSSR count). The molecule has 0 spiro atoms. The third kappa shape index (κ3) is 1.82. The normalized spacial score (nSPS) is 36.0. The van der Waals surface area contributed by atoms with Crippen LogP contribution >= 0.6 is 0 Å². The molecule has 2 aliphatic heterocycles. The quantitative estimate of drug-likeness (QED) is 0.632. The molecule has 2 atom stereocenters. The molecular weight excluding hydrogens is 172 g/mol. The predicted octanol–water partition coefficient (Wildman–Crippen LogP) is 1.95. The van der Waals surface area contributed by atoms with Gasteiger partial charge in [-0.2, -0.15) is 0 Å². The van der Waals surface area contributed by atoms with Gasteiger partial charge in [0.25, 0.3) is 0 Å². The maximum atomic E-state index is 2.71. The Labute approximate surface area is 88.3 Å². The summed E-state index contributed by atoms with van der Waals surface area (Å²) in [6.45, 7) is 7.31. The van der Waals surface area contributed by atoms with Gasteiger partial charge in [0.2, 0.25) is 0 Å². The molecule has 0 bridgehead atoms. The molecule has 2 saturated heterocycles. The SMILES string of the molecule is CC(C)N1CC[C@@H]2[C@H]1CCCCN2C. The fourth-order valence-corrected chi connectivity index (χ4v) is 3.25. The topological polar surface area (TPSA) is 6.48 Å². The van der Waals surface area contributed by atoms with Gasteiger partial charge >= 0.3 is 0 Å². The fraction of sp³-hybridized carbons (Fsp3) is 1.00. The summed E-state index contributed by atoms with van der Waals surface area (Å²) in [6, 6.07) is 2.43. The van der Waals surface area contributed by atoms with Crippen LogP contribution in [0.3, 0.4) is 0 Å². The van der Waals surface area contributed by atoms with Crippen LogP contribution in [-0.2, 0) is 0 Å². The molecule has 0 aromatic rings. The van der Waals surface area contributed by atoms with Crippen molar-refractivity contribution in [3.05, 3.63) is 0 Å².